The number of carboxylic acid groups (broad SMARTS) is 1. The van der Waals surface area contributed by atoms with Gasteiger partial charge in [-0.1, -0.05) is 13.8 Å². The molecule has 0 bridgehead atoms. The van der Waals surface area contributed by atoms with E-state index in [2.05, 4.69) is 0 Å². The molecule has 0 aliphatic rings. The molecule has 19 heavy (non-hydrogen) atoms. The largest absolute Gasteiger partial charge is 0.481 e. The van der Waals surface area contributed by atoms with Crippen LogP contribution in [0.15, 0.2) is 0 Å². The van der Waals surface area contributed by atoms with Crippen molar-refractivity contribution >= 4 is 22.1 Å². The van der Waals surface area contributed by atoms with Crippen LogP contribution in [0.4, 0.5) is 0 Å². The van der Waals surface area contributed by atoms with Crippen LogP contribution < -0.4 is 0 Å². The summed E-state index contributed by atoms with van der Waals surface area (Å²) in [5.74, 6) is -2.57. The van der Waals surface area contributed by atoms with Crippen molar-refractivity contribution in [2.24, 2.45) is 5.92 Å². The van der Waals surface area contributed by atoms with E-state index < -0.39 is 39.3 Å². The van der Waals surface area contributed by atoms with E-state index in [4.69, 9.17) is 14.4 Å². The number of esters is 1. The molecule has 0 heterocycles. The minimum Gasteiger partial charge on any atom is -0.481 e. The maximum absolute atomic E-state index is 11.7. The Kier molecular flexibility index (Phi) is 5.95. The van der Waals surface area contributed by atoms with Crippen LogP contribution in [0.1, 0.15) is 40.5 Å². The van der Waals surface area contributed by atoms with Crippen LogP contribution in [0.2, 0.25) is 0 Å². The highest BCUT2D eigenvalue weighted by Crippen LogP contribution is 2.22. The molecule has 0 aromatic carbocycles. The predicted molar refractivity (Wildman–Crippen MR) is 67.2 cm³/mol. The number of hydrogen-bond donors (Lipinski definition) is 2. The van der Waals surface area contributed by atoms with E-state index >= 15 is 0 Å². The Hall–Kier alpha value is -1.15. The second-order valence-corrected chi connectivity index (χ2v) is 6.98. The van der Waals surface area contributed by atoms with Gasteiger partial charge in [0, 0.05) is 0 Å². The Balaban J connectivity index is 4.98. The molecule has 0 aromatic heterocycles. The number of carbonyl (C=O) groups excluding carboxylic acids is 1. The molecule has 2 N–H and O–H groups in total. The lowest BCUT2D eigenvalue weighted by molar-refractivity contribution is -0.159. The van der Waals surface area contributed by atoms with Crippen LogP contribution in [-0.4, -0.2) is 40.9 Å². The summed E-state index contributed by atoms with van der Waals surface area (Å²) in [4.78, 5) is 22.2. The van der Waals surface area contributed by atoms with Gasteiger partial charge in [-0.05, 0) is 26.2 Å². The Morgan fingerprint density at radius 3 is 2.05 bits per heavy atom. The minimum absolute atomic E-state index is 0.200. The maximum atomic E-state index is 11.7. The number of aliphatic carboxylic acids is 1. The molecule has 0 rings (SSSR count). The molecule has 0 spiro atoms. The van der Waals surface area contributed by atoms with Gasteiger partial charge in [0.2, 0.25) is 0 Å². The Labute approximate surface area is 112 Å². The molecule has 0 amide bonds. The second-order valence-electron chi connectivity index (χ2n) is 5.38. The molecule has 1 unspecified atom stereocenters. The standard InChI is InChI=1S/C11H20O7S/c1-7(2)6-11(3,4)18-10(14)8(5-9(12)13)19(15,16)17/h7-8H,5-6H2,1-4H3,(H,12,13)(H,15,16,17). The number of hydrogen-bond acceptors (Lipinski definition) is 5. The summed E-state index contributed by atoms with van der Waals surface area (Å²) >= 11 is 0. The third kappa shape index (κ3) is 7.12. The van der Waals surface area contributed by atoms with Crippen molar-refractivity contribution in [3.8, 4) is 0 Å². The normalized spacial score (nSPS) is 14.2. The summed E-state index contributed by atoms with van der Waals surface area (Å²) in [6.45, 7) is 6.97. The fourth-order valence-corrected chi connectivity index (χ4v) is 2.48. The van der Waals surface area contributed by atoms with Crippen molar-refractivity contribution in [2.75, 3.05) is 0 Å². The van der Waals surface area contributed by atoms with Gasteiger partial charge in [0.1, 0.15) is 5.60 Å². The SMILES string of the molecule is CC(C)CC(C)(C)OC(=O)C(CC(=O)O)S(=O)(=O)O. The number of carbonyl (C=O) groups is 2. The van der Waals surface area contributed by atoms with Gasteiger partial charge in [0.25, 0.3) is 10.1 Å². The average molecular weight is 296 g/mol. The van der Waals surface area contributed by atoms with Gasteiger partial charge in [-0.25, -0.2) is 0 Å². The summed E-state index contributed by atoms with van der Waals surface area (Å²) in [5, 5.41) is 6.46. The predicted octanol–water partition coefficient (Wildman–Crippen LogP) is 1.09. The molecule has 1 atom stereocenters. The second kappa shape index (κ2) is 6.33. The van der Waals surface area contributed by atoms with Gasteiger partial charge in [0.05, 0.1) is 6.42 Å². The van der Waals surface area contributed by atoms with Gasteiger partial charge >= 0.3 is 11.9 Å². The van der Waals surface area contributed by atoms with Crippen LogP contribution in [0.3, 0.4) is 0 Å². The highest BCUT2D eigenvalue weighted by molar-refractivity contribution is 7.87. The third-order valence-corrected chi connectivity index (χ3v) is 3.34. The lowest BCUT2D eigenvalue weighted by atomic mass is 9.96. The molecular formula is C11H20O7S. The maximum Gasteiger partial charge on any atom is 0.327 e. The molecule has 112 valence electrons. The van der Waals surface area contributed by atoms with Crippen molar-refractivity contribution in [1.82, 2.24) is 0 Å². The monoisotopic (exact) mass is 296 g/mol. The van der Waals surface area contributed by atoms with Crippen LogP contribution in [0, 0.1) is 5.92 Å². The highest BCUT2D eigenvalue weighted by Gasteiger charge is 2.38. The average Bonchev–Trinajstić information content (AvgIpc) is 2.08. The van der Waals surface area contributed by atoms with E-state index in [9.17, 15) is 18.0 Å². The molecule has 0 aliphatic heterocycles. The zero-order valence-electron chi connectivity index (χ0n) is 11.4. The molecule has 8 heteroatoms. The van der Waals surface area contributed by atoms with E-state index in [0.717, 1.165) is 0 Å². The minimum atomic E-state index is -4.82. The number of carboxylic acids is 1. The van der Waals surface area contributed by atoms with Crippen LogP contribution in [0.5, 0.6) is 0 Å². The fraction of sp³-hybridized carbons (Fsp3) is 0.818. The lowest BCUT2D eigenvalue weighted by Gasteiger charge is -2.28. The Bertz CT molecular complexity index is 436. The molecule has 0 aliphatic carbocycles. The van der Waals surface area contributed by atoms with E-state index in [1.54, 1.807) is 13.8 Å². The van der Waals surface area contributed by atoms with Crippen molar-refractivity contribution in [3.05, 3.63) is 0 Å². The van der Waals surface area contributed by atoms with Crippen molar-refractivity contribution < 1.29 is 32.4 Å². The quantitative estimate of drug-likeness (QED) is 0.533. The van der Waals surface area contributed by atoms with Gasteiger partial charge in [0.15, 0.2) is 5.25 Å². The van der Waals surface area contributed by atoms with E-state index in [1.807, 2.05) is 13.8 Å². The summed E-state index contributed by atoms with van der Waals surface area (Å²) in [6, 6.07) is 0. The van der Waals surface area contributed by atoms with Crippen LogP contribution in [-0.2, 0) is 24.4 Å². The topological polar surface area (TPSA) is 118 Å². The first-order valence-electron chi connectivity index (χ1n) is 5.76. The first-order valence-corrected chi connectivity index (χ1v) is 7.26. The third-order valence-electron chi connectivity index (χ3n) is 2.26. The summed E-state index contributed by atoms with van der Waals surface area (Å²) in [6.07, 6.45) is -0.556. The van der Waals surface area contributed by atoms with Gasteiger partial charge in [-0.15, -0.1) is 0 Å². The van der Waals surface area contributed by atoms with Crippen molar-refractivity contribution in [1.29, 1.82) is 0 Å². The van der Waals surface area contributed by atoms with Crippen molar-refractivity contribution in [3.63, 3.8) is 0 Å². The van der Waals surface area contributed by atoms with Gasteiger partial charge < -0.3 is 9.84 Å². The van der Waals surface area contributed by atoms with Gasteiger partial charge in [-0.2, -0.15) is 8.42 Å². The molecule has 0 saturated heterocycles. The fourth-order valence-electron chi connectivity index (χ4n) is 1.83. The first-order chi connectivity index (χ1) is 8.35. The lowest BCUT2D eigenvalue weighted by Crippen LogP contribution is -2.39. The molecule has 0 aromatic rings. The first kappa shape index (κ1) is 17.8. The summed E-state index contributed by atoms with van der Waals surface area (Å²) in [5.41, 5.74) is -0.938. The molecule has 0 fully saturated rings. The summed E-state index contributed by atoms with van der Waals surface area (Å²) < 4.78 is 35.9. The van der Waals surface area contributed by atoms with E-state index in [-0.39, 0.29) is 5.92 Å². The zero-order chi connectivity index (χ0) is 15.4. The molecule has 0 radical (unpaired) electrons. The summed E-state index contributed by atoms with van der Waals surface area (Å²) in [7, 11) is -4.82. The van der Waals surface area contributed by atoms with Gasteiger partial charge in [-0.3, -0.25) is 14.1 Å². The smallest absolute Gasteiger partial charge is 0.327 e. The van der Waals surface area contributed by atoms with E-state index in [0.29, 0.717) is 6.42 Å². The molecule has 0 saturated carbocycles. The van der Waals surface area contributed by atoms with Crippen molar-refractivity contribution in [2.45, 2.75) is 51.4 Å². The number of rotatable bonds is 7. The number of ether oxygens (including phenoxy) is 1. The molecule has 7 nitrogen and oxygen atoms in total. The van der Waals surface area contributed by atoms with Crippen LogP contribution in [0.25, 0.3) is 0 Å². The Morgan fingerprint density at radius 2 is 1.74 bits per heavy atom. The van der Waals surface area contributed by atoms with Crippen LogP contribution >= 0.6 is 0 Å². The molecular weight excluding hydrogens is 276 g/mol. The van der Waals surface area contributed by atoms with E-state index in [1.165, 1.54) is 0 Å². The Morgan fingerprint density at radius 1 is 1.26 bits per heavy atom. The highest BCUT2D eigenvalue weighted by atomic mass is 32.2. The zero-order valence-corrected chi connectivity index (χ0v) is 12.2.